The van der Waals surface area contributed by atoms with Gasteiger partial charge in [0, 0.05) is 32.2 Å². The quantitative estimate of drug-likeness (QED) is 0.156. The molecule has 2 aliphatic heterocycles. The molecule has 44 heavy (non-hydrogen) atoms. The Balaban J connectivity index is 0.000000246. The monoisotopic (exact) mass is 634 g/mol. The minimum atomic E-state index is -0.582. The molecule has 3 heterocycles. The Labute approximate surface area is 258 Å². The first kappa shape index (κ1) is 33.9. The summed E-state index contributed by atoms with van der Waals surface area (Å²) < 4.78 is 16.3. The number of amides is 1. The zero-order chi connectivity index (χ0) is 31.5. The summed E-state index contributed by atoms with van der Waals surface area (Å²) in [4.78, 5) is 61.8. The standard InChI is InChI=1S/C16H21N3O6.C12H13N3O3.ClH/c1-16(2,3)25-15(21)18-8-11(9-18)17-12-7-10(14(20)24-4)5-6-13(12)19(22)23;1-18-11(16)7-2-3-9-10(4-7)15(12(17)14-9)8-5-13-6-8;/h5-7,11,17H,8-9H2,1-4H3;2-4,8,13H,5-6H2,1H3,(H,14,17);1H. The number of nitrogens with zero attached hydrogens (tertiary/aromatic N) is 3. The fourth-order valence-corrected chi connectivity index (χ4v) is 4.51. The average molecular weight is 635 g/mol. The van der Waals surface area contributed by atoms with Crippen LogP contribution in [0.25, 0.3) is 11.0 Å². The second kappa shape index (κ2) is 13.8. The highest BCUT2D eigenvalue weighted by molar-refractivity contribution is 5.93. The van der Waals surface area contributed by atoms with Gasteiger partial charge < -0.3 is 34.7 Å². The molecule has 0 aliphatic carbocycles. The molecule has 0 spiro atoms. The van der Waals surface area contributed by atoms with Crippen LogP contribution in [0.3, 0.4) is 0 Å². The van der Waals surface area contributed by atoms with Crippen molar-refractivity contribution in [3.8, 4) is 0 Å². The van der Waals surface area contributed by atoms with Gasteiger partial charge in [-0.2, -0.15) is 0 Å². The van der Waals surface area contributed by atoms with Crippen LogP contribution in [0, 0.1) is 10.1 Å². The van der Waals surface area contributed by atoms with Crippen molar-refractivity contribution in [2.24, 2.45) is 0 Å². The van der Waals surface area contributed by atoms with Gasteiger partial charge in [0.15, 0.2) is 0 Å². The molecule has 1 aromatic heterocycles. The smallest absolute Gasteiger partial charge is 0.410 e. The van der Waals surface area contributed by atoms with Crippen molar-refractivity contribution < 1.29 is 33.5 Å². The lowest BCUT2D eigenvalue weighted by Crippen LogP contribution is -2.57. The molecule has 0 unspecified atom stereocenters. The van der Waals surface area contributed by atoms with Crippen LogP contribution in [0.5, 0.6) is 0 Å². The van der Waals surface area contributed by atoms with Gasteiger partial charge in [-0.1, -0.05) is 0 Å². The second-order valence-electron chi connectivity index (χ2n) is 11.0. The topological polar surface area (TPSA) is 187 Å². The van der Waals surface area contributed by atoms with Crippen LogP contribution in [-0.4, -0.2) is 89.4 Å². The first-order valence-corrected chi connectivity index (χ1v) is 13.5. The van der Waals surface area contributed by atoms with E-state index in [1.54, 1.807) is 43.5 Å². The maximum absolute atomic E-state index is 11.9. The molecule has 0 saturated carbocycles. The van der Waals surface area contributed by atoms with Gasteiger partial charge in [-0.05, 0) is 51.1 Å². The summed E-state index contributed by atoms with van der Waals surface area (Å²) in [5, 5.41) is 17.3. The maximum Gasteiger partial charge on any atom is 0.410 e. The predicted octanol–water partition coefficient (Wildman–Crippen LogP) is 3.09. The van der Waals surface area contributed by atoms with E-state index in [1.807, 2.05) is 0 Å². The number of carbonyl (C=O) groups excluding carboxylic acids is 3. The molecule has 0 bridgehead atoms. The number of benzene rings is 2. The highest BCUT2D eigenvalue weighted by atomic mass is 35.5. The molecule has 0 atom stereocenters. The highest BCUT2D eigenvalue weighted by Gasteiger charge is 2.35. The van der Waals surface area contributed by atoms with Crippen molar-refractivity contribution in [2.75, 3.05) is 45.7 Å². The van der Waals surface area contributed by atoms with E-state index in [1.165, 1.54) is 37.3 Å². The fourth-order valence-electron chi connectivity index (χ4n) is 4.51. The Morgan fingerprint density at radius 1 is 1.00 bits per heavy atom. The van der Waals surface area contributed by atoms with Crippen LogP contribution in [0.2, 0.25) is 0 Å². The lowest BCUT2D eigenvalue weighted by Gasteiger charge is -2.40. The van der Waals surface area contributed by atoms with Gasteiger partial charge in [0.25, 0.3) is 5.69 Å². The van der Waals surface area contributed by atoms with E-state index < -0.39 is 28.6 Å². The normalized spacial score (nSPS) is 14.6. The van der Waals surface area contributed by atoms with Gasteiger partial charge in [-0.15, -0.1) is 12.4 Å². The van der Waals surface area contributed by atoms with Crippen molar-refractivity contribution in [2.45, 2.75) is 38.5 Å². The Morgan fingerprint density at radius 3 is 2.11 bits per heavy atom. The van der Waals surface area contributed by atoms with E-state index in [-0.39, 0.29) is 47.1 Å². The third kappa shape index (κ3) is 7.65. The zero-order valence-electron chi connectivity index (χ0n) is 24.9. The summed E-state index contributed by atoms with van der Waals surface area (Å²) in [6, 6.07) is 9.01. The lowest BCUT2D eigenvalue weighted by molar-refractivity contribution is -0.384. The molecule has 3 N–H and O–H groups in total. The van der Waals surface area contributed by atoms with Gasteiger partial charge in [0.2, 0.25) is 0 Å². The Hall–Kier alpha value is -4.63. The third-order valence-corrected chi connectivity index (χ3v) is 6.77. The number of nitrogens with one attached hydrogen (secondary N) is 3. The second-order valence-corrected chi connectivity index (χ2v) is 11.0. The number of fused-ring (bicyclic) bond motifs is 1. The molecule has 5 rings (SSSR count). The number of H-pyrrole nitrogens is 1. The Kier molecular flexibility index (Phi) is 10.6. The number of methoxy groups -OCH3 is 2. The van der Waals surface area contributed by atoms with Crippen LogP contribution >= 0.6 is 12.4 Å². The number of imidazole rings is 1. The van der Waals surface area contributed by atoms with Gasteiger partial charge in [-0.3, -0.25) is 14.7 Å². The van der Waals surface area contributed by atoms with Crippen LogP contribution in [0.1, 0.15) is 47.5 Å². The largest absolute Gasteiger partial charge is 0.465 e. The number of ether oxygens (including phenoxy) is 3. The van der Waals surface area contributed by atoms with E-state index >= 15 is 0 Å². The molecule has 16 heteroatoms. The molecular formula is C28H35ClN6O9. The molecule has 3 aromatic rings. The number of nitro benzene ring substituents is 1. The molecule has 0 radical (unpaired) electrons. The molecule has 238 valence electrons. The number of hydrogen-bond acceptors (Lipinski definition) is 11. The van der Waals surface area contributed by atoms with Crippen LogP contribution in [-0.2, 0) is 14.2 Å². The maximum atomic E-state index is 11.9. The van der Waals surface area contributed by atoms with E-state index in [4.69, 9.17) is 4.74 Å². The molecule has 2 aliphatic rings. The number of aromatic amines is 1. The lowest BCUT2D eigenvalue weighted by atomic mass is 10.1. The summed E-state index contributed by atoms with van der Waals surface area (Å²) in [5.74, 6) is -0.981. The Morgan fingerprint density at radius 2 is 1.59 bits per heavy atom. The van der Waals surface area contributed by atoms with Crippen molar-refractivity contribution in [3.63, 3.8) is 0 Å². The number of rotatable bonds is 6. The third-order valence-electron chi connectivity index (χ3n) is 6.77. The summed E-state index contributed by atoms with van der Waals surface area (Å²) >= 11 is 0. The number of likely N-dealkylation sites (tertiary alicyclic amines) is 1. The van der Waals surface area contributed by atoms with Crippen LogP contribution in [0.15, 0.2) is 41.2 Å². The van der Waals surface area contributed by atoms with E-state index in [0.29, 0.717) is 18.7 Å². The number of aromatic nitrogens is 2. The predicted molar refractivity (Wildman–Crippen MR) is 163 cm³/mol. The number of nitro groups is 1. The number of halogens is 1. The first-order valence-electron chi connectivity index (χ1n) is 13.5. The van der Waals surface area contributed by atoms with E-state index in [2.05, 4.69) is 25.1 Å². The summed E-state index contributed by atoms with van der Waals surface area (Å²) in [6.45, 7) is 7.60. The summed E-state index contributed by atoms with van der Waals surface area (Å²) in [7, 11) is 2.58. The average Bonchev–Trinajstić information content (AvgIpc) is 3.22. The molecule has 2 aromatic carbocycles. The van der Waals surface area contributed by atoms with Crippen molar-refractivity contribution >= 4 is 52.8 Å². The first-order chi connectivity index (χ1) is 20.3. The van der Waals surface area contributed by atoms with Gasteiger partial charge in [0.05, 0.1) is 53.4 Å². The SMILES string of the molecule is COC(=O)c1ccc([N+](=O)[O-])c(NC2CN(C(=O)OC(C)(C)C)C2)c1.COC(=O)c1ccc2[nH]c(=O)n(C3CNC3)c2c1.Cl. The van der Waals surface area contributed by atoms with E-state index in [0.717, 1.165) is 24.1 Å². The van der Waals surface area contributed by atoms with Gasteiger partial charge in [-0.25, -0.2) is 19.2 Å². The van der Waals surface area contributed by atoms with Crippen molar-refractivity contribution in [1.29, 1.82) is 0 Å². The summed E-state index contributed by atoms with van der Waals surface area (Å²) in [5.41, 5.74) is 1.48. The number of hydrogen-bond donors (Lipinski definition) is 3. The van der Waals surface area contributed by atoms with Crippen LogP contribution in [0.4, 0.5) is 16.2 Å². The molecule has 15 nitrogen and oxygen atoms in total. The highest BCUT2D eigenvalue weighted by Crippen LogP contribution is 2.28. The zero-order valence-corrected chi connectivity index (χ0v) is 25.7. The molecule has 2 saturated heterocycles. The molecular weight excluding hydrogens is 600 g/mol. The molecule has 2 fully saturated rings. The Bertz CT molecular complexity index is 1600. The van der Waals surface area contributed by atoms with Crippen LogP contribution < -0.4 is 16.3 Å². The number of carbonyl (C=O) groups is 3. The minimum absolute atomic E-state index is 0. The minimum Gasteiger partial charge on any atom is -0.465 e. The molecule has 1 amide bonds. The summed E-state index contributed by atoms with van der Waals surface area (Å²) in [6.07, 6.45) is -0.427. The van der Waals surface area contributed by atoms with E-state index in [9.17, 15) is 29.3 Å². The van der Waals surface area contributed by atoms with Crippen molar-refractivity contribution in [3.05, 3.63) is 68.1 Å². The number of anilines is 1. The van der Waals surface area contributed by atoms with Crippen molar-refractivity contribution in [1.82, 2.24) is 19.8 Å². The van der Waals surface area contributed by atoms with Gasteiger partial charge >= 0.3 is 23.7 Å². The number of esters is 2. The fraction of sp³-hybridized carbons (Fsp3) is 0.429. The van der Waals surface area contributed by atoms with Gasteiger partial charge in [0.1, 0.15) is 11.3 Å².